The standard InChI is InChI=1S/C27H37N3O2/c1-20(2)22-12-5-8-15-25(22)32-19-10-9-18-30-24-14-7-6-13-23(24)29-26(30)16-11-17-28-27(31)21(3)4/h5-8,12-15,20-21H,9-11,16-19H2,1-4H3,(H,28,31). The summed E-state index contributed by atoms with van der Waals surface area (Å²) in [6.45, 7) is 10.5. The molecule has 1 amide bonds. The van der Waals surface area contributed by atoms with Gasteiger partial charge < -0.3 is 14.6 Å². The number of hydrogen-bond acceptors (Lipinski definition) is 3. The number of para-hydroxylation sites is 3. The summed E-state index contributed by atoms with van der Waals surface area (Å²) >= 11 is 0. The van der Waals surface area contributed by atoms with Gasteiger partial charge in [-0.3, -0.25) is 4.79 Å². The van der Waals surface area contributed by atoms with Crippen molar-refractivity contribution < 1.29 is 9.53 Å². The first-order valence-electron chi connectivity index (χ1n) is 11.9. The van der Waals surface area contributed by atoms with E-state index in [1.807, 2.05) is 26.0 Å². The number of aryl methyl sites for hydroxylation is 2. The largest absolute Gasteiger partial charge is 0.493 e. The van der Waals surface area contributed by atoms with Crippen LogP contribution in [-0.2, 0) is 17.8 Å². The fraction of sp³-hybridized carbons (Fsp3) is 0.481. The quantitative estimate of drug-likeness (QED) is 0.370. The molecule has 0 saturated carbocycles. The predicted octanol–water partition coefficient (Wildman–Crippen LogP) is 5.72. The van der Waals surface area contributed by atoms with Crippen LogP contribution in [0.3, 0.4) is 0 Å². The SMILES string of the molecule is CC(C)C(=O)NCCCc1nc2ccccc2n1CCCCOc1ccccc1C(C)C. The van der Waals surface area contributed by atoms with Crippen LogP contribution in [0.5, 0.6) is 5.75 Å². The lowest BCUT2D eigenvalue weighted by atomic mass is 10.0. The zero-order valence-electron chi connectivity index (χ0n) is 19.9. The van der Waals surface area contributed by atoms with E-state index in [2.05, 4.69) is 60.1 Å². The summed E-state index contributed by atoms with van der Waals surface area (Å²) in [6, 6.07) is 16.6. The van der Waals surface area contributed by atoms with Crippen molar-refractivity contribution in [3.05, 3.63) is 59.9 Å². The van der Waals surface area contributed by atoms with Crippen LogP contribution < -0.4 is 10.1 Å². The molecule has 3 rings (SSSR count). The molecule has 0 aliphatic heterocycles. The number of aromatic nitrogens is 2. The number of benzene rings is 2. The topological polar surface area (TPSA) is 56.2 Å². The van der Waals surface area contributed by atoms with Crippen molar-refractivity contribution in [3.63, 3.8) is 0 Å². The van der Waals surface area contributed by atoms with Crippen molar-refractivity contribution in [1.29, 1.82) is 0 Å². The number of unbranched alkanes of at least 4 members (excludes halogenated alkanes) is 1. The molecule has 0 spiro atoms. The summed E-state index contributed by atoms with van der Waals surface area (Å²) in [7, 11) is 0. The molecule has 0 aliphatic carbocycles. The molecular formula is C27H37N3O2. The molecule has 0 atom stereocenters. The first-order chi connectivity index (χ1) is 15.5. The third kappa shape index (κ3) is 6.35. The van der Waals surface area contributed by atoms with Crippen LogP contribution in [0, 0.1) is 5.92 Å². The van der Waals surface area contributed by atoms with Gasteiger partial charge in [0.25, 0.3) is 0 Å². The highest BCUT2D eigenvalue weighted by Crippen LogP contribution is 2.26. The molecule has 5 heteroatoms. The lowest BCUT2D eigenvalue weighted by Gasteiger charge is -2.14. The van der Waals surface area contributed by atoms with Gasteiger partial charge in [0.2, 0.25) is 5.91 Å². The van der Waals surface area contributed by atoms with E-state index >= 15 is 0 Å². The first kappa shape index (κ1) is 23.8. The number of hydrogen-bond donors (Lipinski definition) is 1. The van der Waals surface area contributed by atoms with Crippen molar-refractivity contribution in [1.82, 2.24) is 14.9 Å². The lowest BCUT2D eigenvalue weighted by molar-refractivity contribution is -0.123. The van der Waals surface area contributed by atoms with Gasteiger partial charge in [0.1, 0.15) is 11.6 Å². The lowest BCUT2D eigenvalue weighted by Crippen LogP contribution is -2.28. The minimum Gasteiger partial charge on any atom is -0.493 e. The average molecular weight is 436 g/mol. The van der Waals surface area contributed by atoms with Crippen LogP contribution in [0.1, 0.15) is 64.3 Å². The summed E-state index contributed by atoms with van der Waals surface area (Å²) in [6.07, 6.45) is 3.76. The number of carbonyl (C=O) groups excluding carboxylic acids is 1. The summed E-state index contributed by atoms with van der Waals surface area (Å²) in [5.41, 5.74) is 3.48. The van der Waals surface area contributed by atoms with Crippen molar-refractivity contribution in [2.24, 2.45) is 5.92 Å². The Morgan fingerprint density at radius 3 is 2.53 bits per heavy atom. The predicted molar refractivity (Wildman–Crippen MR) is 131 cm³/mol. The molecule has 0 radical (unpaired) electrons. The Bertz CT molecular complexity index is 1010. The zero-order valence-corrected chi connectivity index (χ0v) is 19.9. The molecule has 3 aromatic rings. The van der Waals surface area contributed by atoms with Gasteiger partial charge >= 0.3 is 0 Å². The molecule has 2 aromatic carbocycles. The molecular weight excluding hydrogens is 398 g/mol. The fourth-order valence-electron chi connectivity index (χ4n) is 3.87. The van der Waals surface area contributed by atoms with E-state index in [-0.39, 0.29) is 11.8 Å². The maximum absolute atomic E-state index is 11.8. The summed E-state index contributed by atoms with van der Waals surface area (Å²) in [5.74, 6) is 2.68. The number of rotatable bonds is 12. The van der Waals surface area contributed by atoms with E-state index in [9.17, 15) is 4.79 Å². The maximum Gasteiger partial charge on any atom is 0.222 e. The van der Waals surface area contributed by atoms with E-state index in [0.29, 0.717) is 19.1 Å². The smallest absolute Gasteiger partial charge is 0.222 e. The van der Waals surface area contributed by atoms with Crippen LogP contribution in [0.15, 0.2) is 48.5 Å². The Kier molecular flexibility index (Phi) is 8.72. The molecule has 1 N–H and O–H groups in total. The molecule has 0 bridgehead atoms. The van der Waals surface area contributed by atoms with Crippen LogP contribution in [-0.4, -0.2) is 28.6 Å². The Labute approximate surface area is 192 Å². The second kappa shape index (κ2) is 11.7. The van der Waals surface area contributed by atoms with Gasteiger partial charge in [-0.05, 0) is 48.9 Å². The molecule has 32 heavy (non-hydrogen) atoms. The summed E-state index contributed by atoms with van der Waals surface area (Å²) in [5, 5.41) is 3.00. The Morgan fingerprint density at radius 1 is 1.00 bits per heavy atom. The first-order valence-corrected chi connectivity index (χ1v) is 11.9. The molecule has 0 fully saturated rings. The van der Waals surface area contributed by atoms with Gasteiger partial charge in [-0.15, -0.1) is 0 Å². The molecule has 0 saturated heterocycles. The van der Waals surface area contributed by atoms with Crippen molar-refractivity contribution in [2.45, 2.75) is 65.8 Å². The molecule has 0 aliphatic rings. The number of fused-ring (bicyclic) bond motifs is 1. The van der Waals surface area contributed by atoms with Crippen molar-refractivity contribution in [2.75, 3.05) is 13.2 Å². The van der Waals surface area contributed by atoms with Crippen LogP contribution in [0.2, 0.25) is 0 Å². The van der Waals surface area contributed by atoms with Gasteiger partial charge in [-0.25, -0.2) is 4.98 Å². The second-order valence-electron chi connectivity index (χ2n) is 8.97. The highest BCUT2D eigenvalue weighted by molar-refractivity contribution is 5.77. The van der Waals surface area contributed by atoms with E-state index in [1.165, 1.54) is 11.1 Å². The minimum absolute atomic E-state index is 0.0225. The van der Waals surface area contributed by atoms with Crippen LogP contribution in [0.25, 0.3) is 11.0 Å². The monoisotopic (exact) mass is 435 g/mol. The summed E-state index contributed by atoms with van der Waals surface area (Å²) in [4.78, 5) is 16.6. The van der Waals surface area contributed by atoms with Gasteiger partial charge in [0.05, 0.1) is 17.6 Å². The third-order valence-corrected chi connectivity index (χ3v) is 5.71. The van der Waals surface area contributed by atoms with E-state index in [4.69, 9.17) is 9.72 Å². The number of imidazole rings is 1. The van der Waals surface area contributed by atoms with Crippen molar-refractivity contribution >= 4 is 16.9 Å². The highest BCUT2D eigenvalue weighted by atomic mass is 16.5. The Balaban J connectivity index is 1.54. The van der Waals surface area contributed by atoms with E-state index < -0.39 is 0 Å². The zero-order chi connectivity index (χ0) is 22.9. The van der Waals surface area contributed by atoms with Gasteiger partial charge in [-0.2, -0.15) is 0 Å². The number of amides is 1. The third-order valence-electron chi connectivity index (χ3n) is 5.71. The number of nitrogens with zero attached hydrogens (tertiary/aromatic N) is 2. The highest BCUT2D eigenvalue weighted by Gasteiger charge is 2.11. The maximum atomic E-state index is 11.8. The number of nitrogens with one attached hydrogen (secondary N) is 1. The number of carbonyl (C=O) groups is 1. The fourth-order valence-corrected chi connectivity index (χ4v) is 3.87. The van der Waals surface area contributed by atoms with Crippen LogP contribution in [0.4, 0.5) is 0 Å². The molecule has 172 valence electrons. The van der Waals surface area contributed by atoms with E-state index in [1.54, 1.807) is 0 Å². The molecule has 5 nitrogen and oxygen atoms in total. The molecule has 0 unspecified atom stereocenters. The second-order valence-corrected chi connectivity index (χ2v) is 8.97. The number of ether oxygens (including phenoxy) is 1. The van der Waals surface area contributed by atoms with Crippen molar-refractivity contribution in [3.8, 4) is 5.75 Å². The van der Waals surface area contributed by atoms with E-state index in [0.717, 1.165) is 49.3 Å². The Hall–Kier alpha value is -2.82. The average Bonchev–Trinajstić information content (AvgIpc) is 3.13. The van der Waals surface area contributed by atoms with Gasteiger partial charge in [-0.1, -0.05) is 58.0 Å². The van der Waals surface area contributed by atoms with Crippen LogP contribution >= 0.6 is 0 Å². The molecule has 1 aromatic heterocycles. The molecule has 1 heterocycles. The normalized spacial score (nSPS) is 11.4. The minimum atomic E-state index is 0.0225. The van der Waals surface area contributed by atoms with Gasteiger partial charge in [0, 0.05) is 25.4 Å². The summed E-state index contributed by atoms with van der Waals surface area (Å²) < 4.78 is 8.43. The Morgan fingerprint density at radius 2 is 1.75 bits per heavy atom. The van der Waals surface area contributed by atoms with Gasteiger partial charge in [0.15, 0.2) is 0 Å².